The van der Waals surface area contributed by atoms with Crippen LogP contribution in [0.15, 0.2) is 71.6 Å². The highest BCUT2D eigenvalue weighted by atomic mass is 32.2. The molecule has 198 valence electrons. The summed E-state index contributed by atoms with van der Waals surface area (Å²) in [7, 11) is -3.77. The molecule has 0 aliphatic rings. The number of nitrogens with one attached hydrogen (secondary N) is 2. The molecule has 0 radical (unpaired) electrons. The van der Waals surface area contributed by atoms with E-state index >= 15 is 0 Å². The molecule has 3 aromatic carbocycles. The maximum absolute atomic E-state index is 12.9. The highest BCUT2D eigenvalue weighted by Crippen LogP contribution is 2.27. The van der Waals surface area contributed by atoms with E-state index < -0.39 is 15.4 Å². The van der Waals surface area contributed by atoms with E-state index in [-0.39, 0.29) is 10.8 Å². The number of sulfonamides is 1. The molecule has 0 aliphatic heterocycles. The molecule has 0 atom stereocenters. The third kappa shape index (κ3) is 7.98. The van der Waals surface area contributed by atoms with Crippen molar-refractivity contribution in [1.82, 2.24) is 0 Å². The van der Waals surface area contributed by atoms with Gasteiger partial charge in [-0.25, -0.2) is 8.42 Å². The number of hydrogen-bond acceptors (Lipinski definition) is 5. The Kier molecular flexibility index (Phi) is 9.21. The molecule has 3 aromatic rings. The molecule has 37 heavy (non-hydrogen) atoms. The summed E-state index contributed by atoms with van der Waals surface area (Å²) in [6.07, 6.45) is 1.37. The van der Waals surface area contributed by atoms with Crippen LogP contribution in [0.4, 0.5) is 11.4 Å². The van der Waals surface area contributed by atoms with Crippen LogP contribution >= 0.6 is 0 Å². The lowest BCUT2D eigenvalue weighted by Crippen LogP contribution is -2.31. The van der Waals surface area contributed by atoms with Crippen LogP contribution in [0.5, 0.6) is 11.5 Å². The molecule has 8 heteroatoms. The van der Waals surface area contributed by atoms with Gasteiger partial charge in [-0.2, -0.15) is 0 Å². The zero-order valence-electron chi connectivity index (χ0n) is 22.1. The maximum Gasteiger partial charge on any atom is 0.261 e. The van der Waals surface area contributed by atoms with Crippen LogP contribution in [-0.2, 0) is 14.8 Å². The lowest BCUT2D eigenvalue weighted by atomic mass is 9.87. The Bertz CT molecular complexity index is 1300. The van der Waals surface area contributed by atoms with Crippen LogP contribution in [0.3, 0.4) is 0 Å². The number of rotatable bonds is 12. The first-order valence-electron chi connectivity index (χ1n) is 12.4. The van der Waals surface area contributed by atoms with Gasteiger partial charge in [0, 0.05) is 16.8 Å². The molecular formula is C29H36N2O5S. The quantitative estimate of drug-likeness (QED) is 0.270. The average molecular weight is 525 g/mol. The van der Waals surface area contributed by atoms with Gasteiger partial charge in [-0.1, -0.05) is 26.0 Å². The van der Waals surface area contributed by atoms with Crippen molar-refractivity contribution in [2.75, 3.05) is 23.3 Å². The van der Waals surface area contributed by atoms with Crippen molar-refractivity contribution in [3.8, 4) is 11.5 Å². The van der Waals surface area contributed by atoms with Gasteiger partial charge in [0.2, 0.25) is 5.91 Å². The second kappa shape index (κ2) is 12.1. The Balaban J connectivity index is 1.53. The summed E-state index contributed by atoms with van der Waals surface area (Å²) in [5, 5.41) is 2.90. The van der Waals surface area contributed by atoms with Crippen LogP contribution in [0, 0.1) is 19.3 Å². The average Bonchev–Trinajstić information content (AvgIpc) is 2.85. The van der Waals surface area contributed by atoms with E-state index in [9.17, 15) is 13.2 Å². The van der Waals surface area contributed by atoms with Gasteiger partial charge in [0.25, 0.3) is 10.0 Å². The minimum absolute atomic E-state index is 0.0993. The van der Waals surface area contributed by atoms with Crippen molar-refractivity contribution in [3.63, 3.8) is 0 Å². The lowest BCUT2D eigenvalue weighted by Gasteiger charge is -2.24. The fourth-order valence-electron chi connectivity index (χ4n) is 3.69. The third-order valence-corrected chi connectivity index (χ3v) is 7.40. The van der Waals surface area contributed by atoms with Crippen LogP contribution in [0.25, 0.3) is 0 Å². The number of aryl methyl sites for hydroxylation is 2. The highest BCUT2D eigenvalue weighted by molar-refractivity contribution is 7.92. The second-order valence-electron chi connectivity index (χ2n) is 9.65. The Labute approximate surface area is 220 Å². The van der Waals surface area contributed by atoms with Crippen molar-refractivity contribution in [2.24, 2.45) is 5.41 Å². The molecule has 0 heterocycles. The zero-order chi connectivity index (χ0) is 27.1. The van der Waals surface area contributed by atoms with E-state index in [1.165, 1.54) is 12.1 Å². The maximum atomic E-state index is 12.9. The van der Waals surface area contributed by atoms with E-state index in [0.717, 1.165) is 23.3 Å². The monoisotopic (exact) mass is 524 g/mol. The van der Waals surface area contributed by atoms with E-state index in [0.29, 0.717) is 36.8 Å². The molecular weight excluding hydrogens is 488 g/mol. The van der Waals surface area contributed by atoms with Gasteiger partial charge in [0.1, 0.15) is 11.5 Å². The van der Waals surface area contributed by atoms with Gasteiger partial charge >= 0.3 is 0 Å². The van der Waals surface area contributed by atoms with Crippen LogP contribution in [0.2, 0.25) is 0 Å². The number of carbonyl (C=O) groups is 1. The Morgan fingerprint density at radius 2 is 1.54 bits per heavy atom. The summed E-state index contributed by atoms with van der Waals surface area (Å²) in [4.78, 5) is 13.0. The normalized spacial score (nSPS) is 11.6. The standard InChI is InChI=1S/C29H36N2O5S/c1-6-35-25-14-10-24(11-15-25)31-37(33,34)26-16-12-23(13-17-26)30-28(32)29(4,5)18-7-19-36-27-20-21(2)8-9-22(27)3/h8-17,20,31H,6-7,18-19H2,1-5H3,(H,30,32). The van der Waals surface area contributed by atoms with Gasteiger partial charge in [0.15, 0.2) is 0 Å². The van der Waals surface area contributed by atoms with Crippen molar-refractivity contribution >= 4 is 27.3 Å². The number of ether oxygens (including phenoxy) is 2. The summed E-state index contributed by atoms with van der Waals surface area (Å²) in [5.41, 5.74) is 2.58. The van der Waals surface area contributed by atoms with Gasteiger partial charge in [-0.3, -0.25) is 9.52 Å². The topological polar surface area (TPSA) is 93.7 Å². The Hall–Kier alpha value is -3.52. The third-order valence-electron chi connectivity index (χ3n) is 6.00. The minimum Gasteiger partial charge on any atom is -0.494 e. The highest BCUT2D eigenvalue weighted by Gasteiger charge is 2.27. The number of benzene rings is 3. The van der Waals surface area contributed by atoms with Crippen molar-refractivity contribution < 1.29 is 22.7 Å². The first kappa shape index (κ1) is 28.1. The van der Waals surface area contributed by atoms with E-state index in [2.05, 4.69) is 16.1 Å². The molecule has 0 unspecified atom stereocenters. The molecule has 1 amide bonds. The van der Waals surface area contributed by atoms with Crippen LogP contribution in [-0.4, -0.2) is 27.5 Å². The summed E-state index contributed by atoms with van der Waals surface area (Å²) in [5.74, 6) is 1.40. The van der Waals surface area contributed by atoms with E-state index in [4.69, 9.17) is 9.47 Å². The van der Waals surface area contributed by atoms with Gasteiger partial charge < -0.3 is 14.8 Å². The van der Waals surface area contributed by atoms with Gasteiger partial charge in [0.05, 0.1) is 18.1 Å². The van der Waals surface area contributed by atoms with Crippen molar-refractivity contribution in [3.05, 3.63) is 77.9 Å². The molecule has 0 fully saturated rings. The van der Waals surface area contributed by atoms with Crippen molar-refractivity contribution in [1.29, 1.82) is 0 Å². The van der Waals surface area contributed by atoms with Crippen LogP contribution < -0.4 is 19.5 Å². The fraction of sp³-hybridized carbons (Fsp3) is 0.345. The smallest absolute Gasteiger partial charge is 0.261 e. The molecule has 0 aromatic heterocycles. The second-order valence-corrected chi connectivity index (χ2v) is 11.3. The SMILES string of the molecule is CCOc1ccc(NS(=O)(=O)c2ccc(NC(=O)C(C)(C)CCCOc3cc(C)ccc3C)cc2)cc1. The Morgan fingerprint density at radius 3 is 2.19 bits per heavy atom. The zero-order valence-corrected chi connectivity index (χ0v) is 22.9. The molecule has 3 rings (SSSR count). The fourth-order valence-corrected chi connectivity index (χ4v) is 4.75. The van der Waals surface area contributed by atoms with Crippen LogP contribution in [0.1, 0.15) is 44.7 Å². The summed E-state index contributed by atoms with van der Waals surface area (Å²) < 4.78 is 39.4. The molecule has 0 spiro atoms. The number of carbonyl (C=O) groups excluding carboxylic acids is 1. The number of amides is 1. The molecule has 0 bridgehead atoms. The Morgan fingerprint density at radius 1 is 0.892 bits per heavy atom. The molecule has 0 saturated heterocycles. The minimum atomic E-state index is -3.77. The van der Waals surface area contributed by atoms with Crippen molar-refractivity contribution in [2.45, 2.75) is 52.4 Å². The molecule has 0 aliphatic carbocycles. The van der Waals surface area contributed by atoms with E-state index in [1.54, 1.807) is 36.4 Å². The molecule has 2 N–H and O–H groups in total. The number of anilines is 2. The first-order valence-corrected chi connectivity index (χ1v) is 13.9. The summed E-state index contributed by atoms with van der Waals surface area (Å²) in [6.45, 7) is 10.8. The number of hydrogen-bond donors (Lipinski definition) is 2. The van der Waals surface area contributed by atoms with Gasteiger partial charge in [-0.05, 0) is 99.3 Å². The summed E-state index contributed by atoms with van der Waals surface area (Å²) >= 11 is 0. The predicted octanol–water partition coefficient (Wildman–Crippen LogP) is 6.33. The lowest BCUT2D eigenvalue weighted by molar-refractivity contribution is -0.124. The largest absolute Gasteiger partial charge is 0.494 e. The van der Waals surface area contributed by atoms with E-state index in [1.807, 2.05) is 46.8 Å². The predicted molar refractivity (Wildman–Crippen MR) is 148 cm³/mol. The first-order chi connectivity index (χ1) is 17.5. The summed E-state index contributed by atoms with van der Waals surface area (Å²) in [6, 6.07) is 18.9. The molecule has 7 nitrogen and oxygen atoms in total. The van der Waals surface area contributed by atoms with Gasteiger partial charge in [-0.15, -0.1) is 0 Å². The molecule has 0 saturated carbocycles.